The van der Waals surface area contributed by atoms with Crippen LogP contribution in [0.4, 0.5) is 5.69 Å². The van der Waals surface area contributed by atoms with Crippen LogP contribution in [0, 0.1) is 0 Å². The van der Waals surface area contributed by atoms with Crippen molar-refractivity contribution in [2.75, 3.05) is 12.8 Å². The van der Waals surface area contributed by atoms with E-state index in [0.29, 0.717) is 17.3 Å². The van der Waals surface area contributed by atoms with Crippen molar-refractivity contribution < 1.29 is 4.79 Å². The molecule has 3 N–H and O–H groups in total. The fourth-order valence-electron chi connectivity index (χ4n) is 1.88. The molecule has 1 aromatic rings. The number of anilines is 1. The van der Waals surface area contributed by atoms with Crippen molar-refractivity contribution in [2.24, 2.45) is 0 Å². The van der Waals surface area contributed by atoms with E-state index < -0.39 is 0 Å². The maximum Gasteiger partial charge on any atom is 0.276 e. The minimum absolute atomic E-state index is 0.109. The van der Waals surface area contributed by atoms with Crippen LogP contribution in [0.15, 0.2) is 0 Å². The molecule has 18 heavy (non-hydrogen) atoms. The van der Waals surface area contributed by atoms with Gasteiger partial charge in [0.15, 0.2) is 5.69 Å². The monoisotopic (exact) mass is 250 g/mol. The molecule has 2 rings (SSSR count). The predicted molar refractivity (Wildman–Crippen MR) is 71.4 cm³/mol. The third kappa shape index (κ3) is 2.09. The van der Waals surface area contributed by atoms with Gasteiger partial charge in [-0.1, -0.05) is 6.92 Å². The Hall–Kier alpha value is -1.52. The fraction of sp³-hybridized carbons (Fsp3) is 0.692. The highest BCUT2D eigenvalue weighted by atomic mass is 16.2. The first-order valence-corrected chi connectivity index (χ1v) is 6.50. The van der Waals surface area contributed by atoms with Crippen molar-refractivity contribution in [1.82, 2.24) is 15.1 Å². The molecule has 0 unspecified atom stereocenters. The lowest BCUT2D eigenvalue weighted by Crippen LogP contribution is -2.44. The Morgan fingerprint density at radius 3 is 2.67 bits per heavy atom. The number of H-pyrrole nitrogens is 1. The average Bonchev–Trinajstić information content (AvgIpc) is 3.11. The van der Waals surface area contributed by atoms with Gasteiger partial charge in [0, 0.05) is 18.5 Å². The number of nitrogens with two attached hydrogens (primary N) is 1. The van der Waals surface area contributed by atoms with Crippen LogP contribution in [0.25, 0.3) is 0 Å². The van der Waals surface area contributed by atoms with Crippen molar-refractivity contribution in [3.8, 4) is 0 Å². The molecule has 0 aliphatic heterocycles. The molecule has 0 spiro atoms. The first-order valence-electron chi connectivity index (χ1n) is 6.50. The lowest BCUT2D eigenvalue weighted by atomic mass is 9.99. The minimum Gasteiger partial charge on any atom is -0.395 e. The van der Waals surface area contributed by atoms with E-state index in [0.717, 1.165) is 25.0 Å². The highest BCUT2D eigenvalue weighted by Gasteiger charge is 2.33. The van der Waals surface area contributed by atoms with Crippen molar-refractivity contribution in [2.45, 2.75) is 51.5 Å². The number of nitrogens with zero attached hydrogens (tertiary/aromatic N) is 2. The number of carbonyl (C=O) groups is 1. The molecular formula is C13H22N4O. The molecular weight excluding hydrogens is 228 g/mol. The largest absolute Gasteiger partial charge is 0.395 e. The van der Waals surface area contributed by atoms with E-state index in [1.807, 2.05) is 13.8 Å². The lowest BCUT2D eigenvalue weighted by molar-refractivity contribution is 0.0615. The van der Waals surface area contributed by atoms with E-state index in [2.05, 4.69) is 17.1 Å². The van der Waals surface area contributed by atoms with Gasteiger partial charge >= 0.3 is 0 Å². The molecule has 1 heterocycles. The van der Waals surface area contributed by atoms with E-state index >= 15 is 0 Å². The molecule has 5 heteroatoms. The minimum atomic E-state index is -0.192. The van der Waals surface area contributed by atoms with Crippen LogP contribution in [0.2, 0.25) is 0 Å². The van der Waals surface area contributed by atoms with Crippen LogP contribution in [-0.4, -0.2) is 33.6 Å². The van der Waals surface area contributed by atoms with E-state index in [1.54, 1.807) is 11.9 Å². The van der Waals surface area contributed by atoms with Gasteiger partial charge in [-0.05, 0) is 33.1 Å². The summed E-state index contributed by atoms with van der Waals surface area (Å²) in [6, 6.07) is 0. The Labute approximate surface area is 108 Å². The van der Waals surface area contributed by atoms with Crippen LogP contribution in [0.1, 0.15) is 62.1 Å². The molecule has 0 aromatic carbocycles. The number of hydrogen-bond acceptors (Lipinski definition) is 3. The second-order valence-corrected chi connectivity index (χ2v) is 5.70. The van der Waals surface area contributed by atoms with Crippen LogP contribution in [-0.2, 0) is 0 Å². The zero-order valence-corrected chi connectivity index (χ0v) is 11.6. The summed E-state index contributed by atoms with van der Waals surface area (Å²) in [4.78, 5) is 14.1. The predicted octanol–water partition coefficient (Wildman–Crippen LogP) is 2.13. The summed E-state index contributed by atoms with van der Waals surface area (Å²) >= 11 is 0. The summed E-state index contributed by atoms with van der Waals surface area (Å²) in [7, 11) is 1.80. The molecule has 0 radical (unpaired) electrons. The van der Waals surface area contributed by atoms with Gasteiger partial charge in [0.1, 0.15) is 0 Å². The van der Waals surface area contributed by atoms with Gasteiger partial charge in [-0.25, -0.2) is 0 Å². The van der Waals surface area contributed by atoms with Gasteiger partial charge in [-0.2, -0.15) is 5.10 Å². The van der Waals surface area contributed by atoms with Gasteiger partial charge in [0.2, 0.25) is 0 Å². The van der Waals surface area contributed by atoms with Gasteiger partial charge < -0.3 is 10.6 Å². The van der Waals surface area contributed by atoms with Crippen LogP contribution in [0.3, 0.4) is 0 Å². The normalized spacial score (nSPS) is 15.8. The van der Waals surface area contributed by atoms with Crippen molar-refractivity contribution in [3.63, 3.8) is 0 Å². The Morgan fingerprint density at radius 2 is 2.17 bits per heavy atom. The van der Waals surface area contributed by atoms with Crippen molar-refractivity contribution in [3.05, 3.63) is 11.4 Å². The molecule has 0 atom stereocenters. The van der Waals surface area contributed by atoms with Crippen molar-refractivity contribution in [1.29, 1.82) is 0 Å². The number of aromatic amines is 1. The molecule has 1 fully saturated rings. The SMILES string of the molecule is CCC(C)(C)N(C)C(=O)c1n[nH]c(C2CC2)c1N. The molecule has 0 bridgehead atoms. The number of nitrogen functional groups attached to an aromatic ring is 1. The number of rotatable bonds is 4. The van der Waals surface area contributed by atoms with E-state index in [9.17, 15) is 4.79 Å². The molecule has 1 aliphatic rings. The topological polar surface area (TPSA) is 75.0 Å². The number of carbonyl (C=O) groups excluding carboxylic acids is 1. The summed E-state index contributed by atoms with van der Waals surface area (Å²) in [6.45, 7) is 6.14. The van der Waals surface area contributed by atoms with Crippen LogP contribution in [0.5, 0.6) is 0 Å². The Kier molecular flexibility index (Phi) is 3.09. The van der Waals surface area contributed by atoms with Gasteiger partial charge in [-0.3, -0.25) is 9.89 Å². The Bertz CT molecular complexity index is 460. The second kappa shape index (κ2) is 4.30. The first-order chi connectivity index (χ1) is 8.38. The standard InChI is InChI=1S/C13H22N4O/c1-5-13(2,3)17(4)12(18)11-9(14)10(15-16-11)8-6-7-8/h8H,5-7,14H2,1-4H3,(H,15,16). The number of hydrogen-bond donors (Lipinski definition) is 2. The second-order valence-electron chi connectivity index (χ2n) is 5.70. The Morgan fingerprint density at radius 1 is 1.56 bits per heavy atom. The zero-order valence-electron chi connectivity index (χ0n) is 11.6. The summed E-state index contributed by atoms with van der Waals surface area (Å²) in [5, 5.41) is 7.02. The highest BCUT2D eigenvalue weighted by Crippen LogP contribution is 2.42. The molecule has 1 saturated carbocycles. The third-order valence-electron chi connectivity index (χ3n) is 4.10. The molecule has 100 valence electrons. The molecule has 5 nitrogen and oxygen atoms in total. The van der Waals surface area contributed by atoms with Crippen LogP contribution < -0.4 is 5.73 Å². The highest BCUT2D eigenvalue weighted by molar-refractivity contribution is 5.98. The Balaban J connectivity index is 2.23. The van der Waals surface area contributed by atoms with E-state index in [1.165, 1.54) is 0 Å². The maximum absolute atomic E-state index is 12.4. The van der Waals surface area contributed by atoms with Crippen molar-refractivity contribution >= 4 is 11.6 Å². The van der Waals surface area contributed by atoms with Gasteiger partial charge in [-0.15, -0.1) is 0 Å². The van der Waals surface area contributed by atoms with Gasteiger partial charge in [0.05, 0.1) is 11.4 Å². The first kappa shape index (κ1) is 12.9. The molecule has 0 saturated heterocycles. The van der Waals surface area contributed by atoms with E-state index in [-0.39, 0.29) is 11.4 Å². The molecule has 1 amide bonds. The fourth-order valence-corrected chi connectivity index (χ4v) is 1.88. The lowest BCUT2D eigenvalue weighted by Gasteiger charge is -2.34. The van der Waals surface area contributed by atoms with E-state index in [4.69, 9.17) is 5.73 Å². The number of nitrogens with one attached hydrogen (secondary N) is 1. The zero-order chi connectivity index (χ0) is 13.5. The average molecular weight is 250 g/mol. The van der Waals surface area contributed by atoms with Crippen LogP contribution >= 0.6 is 0 Å². The number of amides is 1. The summed E-state index contributed by atoms with van der Waals surface area (Å²) in [5.41, 5.74) is 7.66. The smallest absolute Gasteiger partial charge is 0.276 e. The summed E-state index contributed by atoms with van der Waals surface area (Å²) in [6.07, 6.45) is 3.15. The summed E-state index contributed by atoms with van der Waals surface area (Å²) < 4.78 is 0. The molecule has 1 aliphatic carbocycles. The van der Waals surface area contributed by atoms with Gasteiger partial charge in [0.25, 0.3) is 5.91 Å². The number of aromatic nitrogens is 2. The third-order valence-corrected chi connectivity index (χ3v) is 4.10. The quantitative estimate of drug-likeness (QED) is 0.859. The molecule has 1 aromatic heterocycles. The summed E-state index contributed by atoms with van der Waals surface area (Å²) in [5.74, 6) is 0.367. The maximum atomic E-state index is 12.4.